The quantitative estimate of drug-likeness (QED) is 0.475. The lowest BCUT2D eigenvalue weighted by Gasteiger charge is -2.43. The van der Waals surface area contributed by atoms with Gasteiger partial charge in [0.15, 0.2) is 0 Å². The van der Waals surface area contributed by atoms with Crippen molar-refractivity contribution in [2.24, 2.45) is 0 Å². The molecule has 3 aromatic carbocycles. The van der Waals surface area contributed by atoms with Crippen molar-refractivity contribution in [2.75, 3.05) is 19.7 Å². The van der Waals surface area contributed by atoms with E-state index in [0.29, 0.717) is 19.7 Å². The van der Waals surface area contributed by atoms with Crippen molar-refractivity contribution in [3.8, 4) is 0 Å². The molecule has 0 radical (unpaired) electrons. The lowest BCUT2D eigenvalue weighted by atomic mass is 10.2. The largest absolute Gasteiger partial charge is 0.480 e. The summed E-state index contributed by atoms with van der Waals surface area (Å²) in [6.45, 7) is 8.32. The Bertz CT molecular complexity index is 933. The second-order valence-corrected chi connectivity index (χ2v) is 13.4. The lowest BCUT2D eigenvalue weighted by Crippen LogP contribution is -2.67. The van der Waals surface area contributed by atoms with E-state index in [1.165, 1.54) is 10.4 Å². The number of rotatable bonds is 10. The van der Waals surface area contributed by atoms with Crippen LogP contribution in [0.4, 0.5) is 0 Å². The van der Waals surface area contributed by atoms with Crippen LogP contribution in [-0.2, 0) is 15.8 Å². The summed E-state index contributed by atoms with van der Waals surface area (Å²) in [7, 11) is -2.62. The molecule has 0 aromatic heterocycles. The minimum Gasteiger partial charge on any atom is -0.480 e. The molecule has 4 nitrogen and oxygen atoms in total. The number of hydrogen-bond donors (Lipinski definition) is 1. The fraction of sp³-hybridized carbons (Fsp3) is 0.296. The molecule has 0 heterocycles. The van der Waals surface area contributed by atoms with Crippen LogP contribution in [-0.4, -0.2) is 44.0 Å². The molecule has 0 amide bonds. The molecule has 0 atom stereocenters. The highest BCUT2D eigenvalue weighted by Gasteiger charge is 2.50. The van der Waals surface area contributed by atoms with Crippen LogP contribution in [0, 0.1) is 0 Å². The van der Waals surface area contributed by atoms with Crippen LogP contribution >= 0.6 is 0 Å². The van der Waals surface area contributed by atoms with E-state index in [4.69, 9.17) is 4.43 Å². The third-order valence-corrected chi connectivity index (χ3v) is 10.8. The van der Waals surface area contributed by atoms with Gasteiger partial charge in [-0.1, -0.05) is 112 Å². The Kier molecular flexibility index (Phi) is 8.02. The molecule has 0 saturated heterocycles. The summed E-state index contributed by atoms with van der Waals surface area (Å²) >= 11 is 0. The van der Waals surface area contributed by atoms with Crippen molar-refractivity contribution in [3.63, 3.8) is 0 Å². The summed E-state index contributed by atoms with van der Waals surface area (Å²) in [5, 5.41) is 11.8. The molecule has 5 heteroatoms. The van der Waals surface area contributed by atoms with Gasteiger partial charge >= 0.3 is 5.97 Å². The smallest absolute Gasteiger partial charge is 0.317 e. The molecule has 0 aliphatic rings. The summed E-state index contributed by atoms with van der Waals surface area (Å²) in [4.78, 5) is 13.4. The number of carboxylic acid groups (broad SMARTS) is 1. The molecule has 0 unspecified atom stereocenters. The molecular formula is C27H33NO3Si. The van der Waals surface area contributed by atoms with Gasteiger partial charge in [-0.2, -0.15) is 0 Å². The van der Waals surface area contributed by atoms with Crippen molar-refractivity contribution in [1.82, 2.24) is 4.90 Å². The predicted molar refractivity (Wildman–Crippen MR) is 133 cm³/mol. The average Bonchev–Trinajstić information content (AvgIpc) is 2.77. The van der Waals surface area contributed by atoms with Crippen molar-refractivity contribution in [3.05, 3.63) is 96.6 Å². The minimum absolute atomic E-state index is 0.0149. The Hall–Kier alpha value is -2.73. The van der Waals surface area contributed by atoms with Gasteiger partial charge in [-0.3, -0.25) is 9.69 Å². The van der Waals surface area contributed by atoms with Gasteiger partial charge in [-0.15, -0.1) is 0 Å². The fourth-order valence-electron chi connectivity index (χ4n) is 4.34. The first kappa shape index (κ1) is 23.9. The van der Waals surface area contributed by atoms with Crippen LogP contribution in [0.1, 0.15) is 26.3 Å². The molecule has 1 N–H and O–H groups in total. The van der Waals surface area contributed by atoms with Crippen LogP contribution in [0.3, 0.4) is 0 Å². The molecule has 0 aliphatic heterocycles. The van der Waals surface area contributed by atoms with E-state index >= 15 is 0 Å². The summed E-state index contributed by atoms with van der Waals surface area (Å²) < 4.78 is 6.92. The number of benzene rings is 3. The van der Waals surface area contributed by atoms with E-state index in [0.717, 1.165) is 5.56 Å². The van der Waals surface area contributed by atoms with Gasteiger partial charge in [-0.25, -0.2) is 0 Å². The normalized spacial score (nSPS) is 12.1. The Labute approximate surface area is 192 Å². The summed E-state index contributed by atoms with van der Waals surface area (Å²) in [6, 6.07) is 31.0. The van der Waals surface area contributed by atoms with Gasteiger partial charge in [0.1, 0.15) is 0 Å². The Balaban J connectivity index is 1.88. The number of carboxylic acids is 1. The monoisotopic (exact) mass is 447 g/mol. The minimum atomic E-state index is -2.62. The number of aliphatic carboxylic acids is 1. The van der Waals surface area contributed by atoms with Crippen molar-refractivity contribution in [2.45, 2.75) is 32.4 Å². The van der Waals surface area contributed by atoms with E-state index in [1.54, 1.807) is 0 Å². The summed E-state index contributed by atoms with van der Waals surface area (Å²) in [6.07, 6.45) is 0. The average molecular weight is 448 g/mol. The number of hydrogen-bond acceptors (Lipinski definition) is 3. The van der Waals surface area contributed by atoms with Crippen LogP contribution in [0.5, 0.6) is 0 Å². The first-order valence-electron chi connectivity index (χ1n) is 11.1. The molecule has 3 aromatic rings. The van der Waals surface area contributed by atoms with Crippen molar-refractivity contribution >= 4 is 24.7 Å². The highest BCUT2D eigenvalue weighted by molar-refractivity contribution is 6.99. The van der Waals surface area contributed by atoms with Gasteiger partial charge in [0.2, 0.25) is 0 Å². The zero-order chi connectivity index (χ0) is 23.0. The Morgan fingerprint density at radius 1 is 0.844 bits per heavy atom. The van der Waals surface area contributed by atoms with E-state index in [9.17, 15) is 9.90 Å². The zero-order valence-electron chi connectivity index (χ0n) is 19.2. The van der Waals surface area contributed by atoms with Gasteiger partial charge in [-0.05, 0) is 21.0 Å². The molecule has 0 saturated carbocycles. The maximum atomic E-state index is 11.5. The van der Waals surface area contributed by atoms with E-state index in [1.807, 2.05) is 47.4 Å². The molecule has 3 rings (SSSR count). The lowest BCUT2D eigenvalue weighted by molar-refractivity contribution is -0.138. The van der Waals surface area contributed by atoms with Crippen LogP contribution in [0.25, 0.3) is 0 Å². The van der Waals surface area contributed by atoms with Crippen LogP contribution in [0.2, 0.25) is 5.04 Å². The Morgan fingerprint density at radius 2 is 1.31 bits per heavy atom. The van der Waals surface area contributed by atoms with E-state index in [-0.39, 0.29) is 11.6 Å². The van der Waals surface area contributed by atoms with E-state index in [2.05, 4.69) is 69.3 Å². The third kappa shape index (κ3) is 5.74. The molecule has 0 spiro atoms. The fourth-order valence-corrected chi connectivity index (χ4v) is 8.89. The third-order valence-electron chi connectivity index (χ3n) is 5.75. The SMILES string of the molecule is CC(C)(C)[Si](OCCN(CC(=O)O)Cc1ccccc1)(c1ccccc1)c1ccccc1. The van der Waals surface area contributed by atoms with Gasteiger partial charge in [0.05, 0.1) is 6.54 Å². The zero-order valence-corrected chi connectivity index (χ0v) is 20.2. The van der Waals surface area contributed by atoms with E-state index < -0.39 is 14.3 Å². The maximum Gasteiger partial charge on any atom is 0.317 e. The second-order valence-electron chi connectivity index (χ2n) is 9.10. The number of carbonyl (C=O) groups is 1. The Morgan fingerprint density at radius 3 is 1.75 bits per heavy atom. The second kappa shape index (κ2) is 10.7. The van der Waals surface area contributed by atoms with Gasteiger partial charge in [0, 0.05) is 19.7 Å². The molecule has 0 aliphatic carbocycles. The van der Waals surface area contributed by atoms with Gasteiger partial charge < -0.3 is 9.53 Å². The highest BCUT2D eigenvalue weighted by Crippen LogP contribution is 2.36. The molecule has 32 heavy (non-hydrogen) atoms. The van der Waals surface area contributed by atoms with Crippen LogP contribution < -0.4 is 10.4 Å². The topological polar surface area (TPSA) is 49.8 Å². The van der Waals surface area contributed by atoms with Crippen LogP contribution in [0.15, 0.2) is 91.0 Å². The maximum absolute atomic E-state index is 11.5. The first-order chi connectivity index (χ1) is 15.3. The highest BCUT2D eigenvalue weighted by atomic mass is 28.4. The first-order valence-corrected chi connectivity index (χ1v) is 13.0. The van der Waals surface area contributed by atoms with Gasteiger partial charge in [0.25, 0.3) is 8.32 Å². The van der Waals surface area contributed by atoms with Crippen molar-refractivity contribution in [1.29, 1.82) is 0 Å². The molecule has 0 fully saturated rings. The molecular weight excluding hydrogens is 414 g/mol. The summed E-state index contributed by atoms with van der Waals surface area (Å²) in [5.74, 6) is -0.827. The standard InChI is InChI=1S/C27H33NO3Si/c1-27(2,3)32(24-15-9-5-10-16-24,25-17-11-6-12-18-25)31-20-19-28(22-26(29)30)21-23-13-7-4-8-14-23/h4-18H,19-22H2,1-3H3,(H,29,30). The summed E-state index contributed by atoms with van der Waals surface area (Å²) in [5.41, 5.74) is 1.10. The predicted octanol–water partition coefficient (Wildman–Crippen LogP) is 4.15. The number of nitrogens with zero attached hydrogens (tertiary/aromatic N) is 1. The molecule has 168 valence electrons. The molecule has 0 bridgehead atoms. The van der Waals surface area contributed by atoms with Crippen molar-refractivity contribution < 1.29 is 14.3 Å².